The van der Waals surface area contributed by atoms with Crippen molar-refractivity contribution in [3.05, 3.63) is 44.9 Å². The molecule has 0 spiro atoms. The standard InChI is InChI=1S/C14H14ClN3OS/c1-18-5-4-9-6-10(2-3-12(9)13(18)19)16-7-11-8-17-14(15)20-11/h2-3,6,8,16H,4-5,7H2,1H3. The van der Waals surface area contributed by atoms with E-state index >= 15 is 0 Å². The lowest BCUT2D eigenvalue weighted by Gasteiger charge is -2.25. The third kappa shape index (κ3) is 2.64. The van der Waals surface area contributed by atoms with Crippen molar-refractivity contribution in [3.8, 4) is 0 Å². The molecule has 104 valence electrons. The molecular formula is C14H14ClN3OS. The predicted octanol–water partition coefficient (Wildman–Crippen LogP) is 3.04. The Kier molecular flexibility index (Phi) is 3.63. The summed E-state index contributed by atoms with van der Waals surface area (Å²) in [5.41, 5.74) is 2.94. The molecule has 1 aliphatic heterocycles. The van der Waals surface area contributed by atoms with Gasteiger partial charge in [-0.25, -0.2) is 4.98 Å². The number of fused-ring (bicyclic) bond motifs is 1. The van der Waals surface area contributed by atoms with Gasteiger partial charge in [-0.1, -0.05) is 11.6 Å². The highest BCUT2D eigenvalue weighted by Crippen LogP contribution is 2.23. The van der Waals surface area contributed by atoms with Gasteiger partial charge in [-0.05, 0) is 30.2 Å². The Morgan fingerprint density at radius 1 is 1.50 bits per heavy atom. The Morgan fingerprint density at radius 2 is 2.35 bits per heavy atom. The molecule has 2 aromatic rings. The van der Waals surface area contributed by atoms with E-state index in [2.05, 4.69) is 16.4 Å². The molecule has 2 heterocycles. The van der Waals surface area contributed by atoms with Crippen LogP contribution in [0.25, 0.3) is 0 Å². The van der Waals surface area contributed by atoms with Crippen molar-refractivity contribution in [2.45, 2.75) is 13.0 Å². The summed E-state index contributed by atoms with van der Waals surface area (Å²) in [4.78, 5) is 18.9. The maximum absolute atomic E-state index is 12.0. The lowest BCUT2D eigenvalue weighted by molar-refractivity contribution is 0.0781. The van der Waals surface area contributed by atoms with Crippen LogP contribution in [0.5, 0.6) is 0 Å². The van der Waals surface area contributed by atoms with Crippen molar-refractivity contribution in [1.82, 2.24) is 9.88 Å². The number of nitrogens with zero attached hydrogens (tertiary/aromatic N) is 2. The van der Waals surface area contributed by atoms with E-state index in [0.717, 1.165) is 34.7 Å². The number of hydrogen-bond acceptors (Lipinski definition) is 4. The lowest BCUT2D eigenvalue weighted by atomic mass is 9.99. The number of hydrogen-bond donors (Lipinski definition) is 1. The van der Waals surface area contributed by atoms with Crippen LogP contribution in [0.3, 0.4) is 0 Å². The first-order valence-electron chi connectivity index (χ1n) is 6.36. The molecule has 0 radical (unpaired) electrons. The fraction of sp³-hybridized carbons (Fsp3) is 0.286. The zero-order valence-corrected chi connectivity index (χ0v) is 12.6. The summed E-state index contributed by atoms with van der Waals surface area (Å²) >= 11 is 7.27. The van der Waals surface area contributed by atoms with E-state index in [1.165, 1.54) is 11.3 Å². The average Bonchev–Trinajstić information content (AvgIpc) is 2.86. The maximum atomic E-state index is 12.0. The highest BCUT2D eigenvalue weighted by molar-refractivity contribution is 7.15. The van der Waals surface area contributed by atoms with Gasteiger partial charge in [-0.3, -0.25) is 4.79 Å². The van der Waals surface area contributed by atoms with Gasteiger partial charge in [0, 0.05) is 35.9 Å². The molecule has 20 heavy (non-hydrogen) atoms. The normalized spacial score (nSPS) is 14.3. The van der Waals surface area contributed by atoms with Crippen LogP contribution >= 0.6 is 22.9 Å². The molecule has 0 atom stereocenters. The van der Waals surface area contributed by atoms with Gasteiger partial charge in [-0.2, -0.15) is 0 Å². The van der Waals surface area contributed by atoms with E-state index < -0.39 is 0 Å². The van der Waals surface area contributed by atoms with Crippen LogP contribution in [0.2, 0.25) is 4.47 Å². The molecule has 0 saturated carbocycles. The number of carbonyl (C=O) groups is 1. The van der Waals surface area contributed by atoms with Gasteiger partial charge in [0.2, 0.25) is 0 Å². The zero-order chi connectivity index (χ0) is 14.1. The molecule has 0 bridgehead atoms. The largest absolute Gasteiger partial charge is 0.380 e. The number of carbonyl (C=O) groups excluding carboxylic acids is 1. The number of amides is 1. The number of nitrogens with one attached hydrogen (secondary N) is 1. The van der Waals surface area contributed by atoms with E-state index in [-0.39, 0.29) is 5.91 Å². The van der Waals surface area contributed by atoms with Gasteiger partial charge >= 0.3 is 0 Å². The molecular weight excluding hydrogens is 294 g/mol. The highest BCUT2D eigenvalue weighted by atomic mass is 35.5. The van der Waals surface area contributed by atoms with Gasteiger partial charge < -0.3 is 10.2 Å². The Bertz CT molecular complexity index is 656. The second-order valence-electron chi connectivity index (χ2n) is 4.78. The Hall–Kier alpha value is -1.59. The molecule has 1 aromatic carbocycles. The van der Waals surface area contributed by atoms with Gasteiger partial charge in [0.05, 0.1) is 6.54 Å². The number of rotatable bonds is 3. The third-order valence-electron chi connectivity index (χ3n) is 3.39. The highest BCUT2D eigenvalue weighted by Gasteiger charge is 2.21. The van der Waals surface area contributed by atoms with E-state index in [1.54, 1.807) is 11.1 Å². The van der Waals surface area contributed by atoms with Crippen molar-refractivity contribution in [2.24, 2.45) is 0 Å². The molecule has 4 nitrogen and oxygen atoms in total. The second-order valence-corrected chi connectivity index (χ2v) is 6.48. The fourth-order valence-electron chi connectivity index (χ4n) is 2.27. The van der Waals surface area contributed by atoms with Crippen LogP contribution in [0.1, 0.15) is 20.8 Å². The van der Waals surface area contributed by atoms with Crippen molar-refractivity contribution in [1.29, 1.82) is 0 Å². The van der Waals surface area contributed by atoms with E-state index in [9.17, 15) is 4.79 Å². The molecule has 0 unspecified atom stereocenters. The summed E-state index contributed by atoms with van der Waals surface area (Å²) in [5.74, 6) is 0.104. The molecule has 1 N–H and O–H groups in total. The van der Waals surface area contributed by atoms with Crippen LogP contribution < -0.4 is 5.32 Å². The van der Waals surface area contributed by atoms with E-state index in [4.69, 9.17) is 11.6 Å². The van der Waals surface area contributed by atoms with E-state index in [1.807, 2.05) is 19.2 Å². The Morgan fingerprint density at radius 3 is 3.10 bits per heavy atom. The predicted molar refractivity (Wildman–Crippen MR) is 81.6 cm³/mol. The molecule has 0 saturated heterocycles. The summed E-state index contributed by atoms with van der Waals surface area (Å²) in [6, 6.07) is 5.90. The summed E-state index contributed by atoms with van der Waals surface area (Å²) < 4.78 is 0.556. The van der Waals surface area contributed by atoms with Crippen LogP contribution in [-0.2, 0) is 13.0 Å². The lowest BCUT2D eigenvalue weighted by Crippen LogP contribution is -2.34. The van der Waals surface area contributed by atoms with Crippen LogP contribution in [0.4, 0.5) is 5.69 Å². The van der Waals surface area contributed by atoms with Crippen LogP contribution in [-0.4, -0.2) is 29.4 Å². The van der Waals surface area contributed by atoms with Crippen molar-refractivity contribution in [3.63, 3.8) is 0 Å². The maximum Gasteiger partial charge on any atom is 0.253 e. The average molecular weight is 308 g/mol. The van der Waals surface area contributed by atoms with Crippen LogP contribution in [0, 0.1) is 0 Å². The first-order chi connectivity index (χ1) is 9.63. The first kappa shape index (κ1) is 13.4. The molecule has 0 aliphatic carbocycles. The molecule has 1 aromatic heterocycles. The zero-order valence-electron chi connectivity index (χ0n) is 11.0. The van der Waals surface area contributed by atoms with Crippen molar-refractivity contribution in [2.75, 3.05) is 18.9 Å². The number of benzene rings is 1. The fourth-order valence-corrected chi connectivity index (χ4v) is 3.19. The van der Waals surface area contributed by atoms with Crippen molar-refractivity contribution >= 4 is 34.5 Å². The van der Waals surface area contributed by atoms with Gasteiger partial charge in [0.15, 0.2) is 4.47 Å². The SMILES string of the molecule is CN1CCc2cc(NCc3cnc(Cl)s3)ccc2C1=O. The summed E-state index contributed by atoms with van der Waals surface area (Å²) in [7, 11) is 1.84. The molecule has 6 heteroatoms. The second kappa shape index (κ2) is 5.42. The monoisotopic (exact) mass is 307 g/mol. The molecule has 1 aliphatic rings. The molecule has 3 rings (SSSR count). The minimum Gasteiger partial charge on any atom is -0.380 e. The Balaban J connectivity index is 1.74. The van der Waals surface area contributed by atoms with Crippen LogP contribution in [0.15, 0.2) is 24.4 Å². The number of anilines is 1. The third-order valence-corrected chi connectivity index (χ3v) is 4.51. The number of halogens is 1. The first-order valence-corrected chi connectivity index (χ1v) is 7.55. The number of likely N-dealkylation sites (N-methyl/N-ethyl adjacent to an activating group) is 1. The minimum absolute atomic E-state index is 0.104. The summed E-state index contributed by atoms with van der Waals surface area (Å²) in [6.07, 6.45) is 2.68. The smallest absolute Gasteiger partial charge is 0.253 e. The van der Waals surface area contributed by atoms with Crippen molar-refractivity contribution < 1.29 is 4.79 Å². The number of thiazole rings is 1. The minimum atomic E-state index is 0.104. The van der Waals surface area contributed by atoms with Gasteiger partial charge in [0.25, 0.3) is 5.91 Å². The topological polar surface area (TPSA) is 45.2 Å². The molecule has 1 amide bonds. The molecule has 0 fully saturated rings. The summed E-state index contributed by atoms with van der Waals surface area (Å²) in [5, 5.41) is 3.34. The van der Waals surface area contributed by atoms with Gasteiger partial charge in [-0.15, -0.1) is 11.3 Å². The number of aromatic nitrogens is 1. The summed E-state index contributed by atoms with van der Waals surface area (Å²) in [6.45, 7) is 1.47. The quantitative estimate of drug-likeness (QED) is 0.948. The Labute approximate surface area is 126 Å². The van der Waals surface area contributed by atoms with Gasteiger partial charge in [0.1, 0.15) is 0 Å². The van der Waals surface area contributed by atoms with E-state index in [0.29, 0.717) is 11.0 Å².